The van der Waals surface area contributed by atoms with Gasteiger partial charge in [-0.3, -0.25) is 0 Å². The van der Waals surface area contributed by atoms with E-state index in [0.29, 0.717) is 11.6 Å². The zero-order chi connectivity index (χ0) is 33.5. The van der Waals surface area contributed by atoms with Crippen LogP contribution in [-0.4, -0.2) is 15.0 Å². The molecular weight excluding hydrogens is 647 g/mol. The molecule has 0 aliphatic heterocycles. The number of nitrogens with zero attached hydrogens (tertiary/aromatic N) is 3. The van der Waals surface area contributed by atoms with Crippen molar-refractivity contribution >= 4 is 75.4 Å². The van der Waals surface area contributed by atoms with E-state index in [-0.39, 0.29) is 5.92 Å². The maximum absolute atomic E-state index is 6.47. The summed E-state index contributed by atoms with van der Waals surface area (Å²) >= 11 is 1.84. The van der Waals surface area contributed by atoms with Crippen molar-refractivity contribution in [1.29, 1.82) is 0 Å². The van der Waals surface area contributed by atoms with Crippen molar-refractivity contribution in [3.63, 3.8) is 0 Å². The first-order chi connectivity index (χ1) is 25.2. The summed E-state index contributed by atoms with van der Waals surface area (Å²) in [5.41, 5.74) is 7.27. The Kier molecular flexibility index (Phi) is 6.18. The molecule has 1 aliphatic carbocycles. The first-order valence-electron chi connectivity index (χ1n) is 17.1. The number of hydrogen-bond donors (Lipinski definition) is 0. The number of furan rings is 2. The number of benzene rings is 6. The molecule has 0 amide bonds. The summed E-state index contributed by atoms with van der Waals surface area (Å²) in [6.07, 6.45) is 9.29. The van der Waals surface area contributed by atoms with E-state index in [1.54, 1.807) is 0 Å². The zero-order valence-electron chi connectivity index (χ0n) is 27.2. The SMILES string of the molecule is C1=CCC(c2nc(-c3cccc4c3oc3ccccc34)nc(-c3cccc4oc5ccc(-c6ccc7sc8ccccc8c7c6)cc5c34)n2)C=C1. The molecule has 0 saturated carbocycles. The highest BCUT2D eigenvalue weighted by Crippen LogP contribution is 2.41. The van der Waals surface area contributed by atoms with Gasteiger partial charge in [-0.2, -0.15) is 0 Å². The normalized spacial score (nSPS) is 14.6. The maximum atomic E-state index is 6.47. The third-order valence-corrected chi connectivity index (χ3v) is 11.2. The van der Waals surface area contributed by atoms with Gasteiger partial charge in [0, 0.05) is 53.2 Å². The number of thiophene rings is 1. The maximum Gasteiger partial charge on any atom is 0.167 e. The molecule has 1 atom stereocenters. The summed E-state index contributed by atoms with van der Waals surface area (Å²) in [4.78, 5) is 15.5. The number of para-hydroxylation sites is 2. The minimum Gasteiger partial charge on any atom is -0.456 e. The van der Waals surface area contributed by atoms with Crippen LogP contribution in [0.4, 0.5) is 0 Å². The second-order valence-corrected chi connectivity index (χ2v) is 14.2. The van der Waals surface area contributed by atoms with Gasteiger partial charge in [-0.15, -0.1) is 11.3 Å². The second-order valence-electron chi connectivity index (χ2n) is 13.1. The molecule has 6 heteroatoms. The summed E-state index contributed by atoms with van der Waals surface area (Å²) < 4.78 is 15.5. The molecule has 0 spiro atoms. The second kappa shape index (κ2) is 11.1. The molecule has 10 aromatic rings. The predicted molar refractivity (Wildman–Crippen MR) is 209 cm³/mol. The Hall–Kier alpha value is -6.37. The first-order valence-corrected chi connectivity index (χ1v) is 17.9. The van der Waals surface area contributed by atoms with Crippen molar-refractivity contribution < 1.29 is 8.83 Å². The highest BCUT2D eigenvalue weighted by molar-refractivity contribution is 7.25. The van der Waals surface area contributed by atoms with Gasteiger partial charge in [0.2, 0.25) is 0 Å². The summed E-state index contributed by atoms with van der Waals surface area (Å²) in [6.45, 7) is 0. The molecule has 0 radical (unpaired) electrons. The van der Waals surface area contributed by atoms with Crippen molar-refractivity contribution in [3.05, 3.63) is 151 Å². The number of fused-ring (bicyclic) bond motifs is 9. The van der Waals surface area contributed by atoms with Crippen LogP contribution in [0.15, 0.2) is 154 Å². The van der Waals surface area contributed by atoms with Crippen LogP contribution in [0.5, 0.6) is 0 Å². The lowest BCUT2D eigenvalue weighted by atomic mass is 9.98. The molecule has 5 nitrogen and oxygen atoms in total. The lowest BCUT2D eigenvalue weighted by molar-refractivity contribution is 0.668. The smallest absolute Gasteiger partial charge is 0.167 e. The Morgan fingerprint density at radius 3 is 2.14 bits per heavy atom. The molecule has 4 heterocycles. The first kappa shape index (κ1) is 28.5. The standard InChI is InChI=1S/C45H27N3O2S/c1-2-10-26(11-3-1)43-46-44(48-45(47-43)33-16-8-14-31-29-12-4-6-17-36(29)50-42(31)33)32-15-9-18-38-41(32)35-25-27(20-22-37(35)49-38)28-21-23-40-34(24-28)30-13-5-7-19-39(30)51-40/h1-10,12-26H,11H2. The number of hydrogen-bond acceptors (Lipinski definition) is 6. The molecular formula is C45H27N3O2S. The summed E-state index contributed by atoms with van der Waals surface area (Å²) in [7, 11) is 0. The number of rotatable bonds is 4. The average molecular weight is 674 g/mol. The van der Waals surface area contributed by atoms with Crippen LogP contribution >= 0.6 is 11.3 Å². The van der Waals surface area contributed by atoms with E-state index in [2.05, 4.69) is 103 Å². The lowest BCUT2D eigenvalue weighted by Crippen LogP contribution is -2.08. The monoisotopic (exact) mass is 673 g/mol. The average Bonchev–Trinajstić information content (AvgIpc) is 3.88. The quantitative estimate of drug-likeness (QED) is 0.186. The van der Waals surface area contributed by atoms with Crippen LogP contribution in [-0.2, 0) is 0 Å². The van der Waals surface area contributed by atoms with E-state index < -0.39 is 0 Å². The van der Waals surface area contributed by atoms with Crippen LogP contribution in [0, 0.1) is 0 Å². The van der Waals surface area contributed by atoms with E-state index in [9.17, 15) is 0 Å². The van der Waals surface area contributed by atoms with E-state index in [4.69, 9.17) is 23.8 Å². The summed E-state index contributed by atoms with van der Waals surface area (Å²) in [5.74, 6) is 1.95. The largest absolute Gasteiger partial charge is 0.456 e. The van der Waals surface area contributed by atoms with Gasteiger partial charge in [0.05, 0.1) is 5.56 Å². The molecule has 4 aromatic heterocycles. The van der Waals surface area contributed by atoms with Crippen molar-refractivity contribution in [2.75, 3.05) is 0 Å². The van der Waals surface area contributed by atoms with Gasteiger partial charge in [0.25, 0.3) is 0 Å². The minimum atomic E-state index is 0.0281. The Bertz CT molecular complexity index is 3090. The van der Waals surface area contributed by atoms with Gasteiger partial charge >= 0.3 is 0 Å². The van der Waals surface area contributed by atoms with E-state index in [1.165, 1.54) is 25.7 Å². The van der Waals surface area contributed by atoms with E-state index >= 15 is 0 Å². The van der Waals surface area contributed by atoms with Gasteiger partial charge in [0.1, 0.15) is 28.2 Å². The van der Waals surface area contributed by atoms with Crippen LogP contribution in [0.1, 0.15) is 18.2 Å². The Labute approximate surface area is 295 Å². The number of allylic oxidation sites excluding steroid dienone is 4. The Morgan fingerprint density at radius 2 is 1.24 bits per heavy atom. The molecule has 51 heavy (non-hydrogen) atoms. The van der Waals surface area contributed by atoms with Crippen LogP contribution in [0.25, 0.3) is 98.0 Å². The molecule has 0 bridgehead atoms. The van der Waals surface area contributed by atoms with Gasteiger partial charge in [-0.25, -0.2) is 15.0 Å². The Morgan fingerprint density at radius 1 is 0.529 bits per heavy atom. The zero-order valence-corrected chi connectivity index (χ0v) is 28.0. The van der Waals surface area contributed by atoms with Crippen LogP contribution < -0.4 is 0 Å². The number of aromatic nitrogens is 3. The fourth-order valence-electron chi connectivity index (χ4n) is 7.59. The van der Waals surface area contributed by atoms with Crippen LogP contribution in [0.3, 0.4) is 0 Å². The van der Waals surface area contributed by atoms with Gasteiger partial charge in [-0.05, 0) is 66.1 Å². The van der Waals surface area contributed by atoms with Crippen molar-refractivity contribution in [1.82, 2.24) is 15.0 Å². The van der Waals surface area contributed by atoms with Gasteiger partial charge in [0.15, 0.2) is 11.6 Å². The fraction of sp³-hybridized carbons (Fsp3) is 0.0444. The van der Waals surface area contributed by atoms with Crippen molar-refractivity contribution in [2.24, 2.45) is 0 Å². The van der Waals surface area contributed by atoms with Gasteiger partial charge < -0.3 is 8.83 Å². The molecule has 0 fully saturated rings. The Balaban J connectivity index is 1.12. The third-order valence-electron chi connectivity index (χ3n) is 10.1. The van der Waals surface area contributed by atoms with Gasteiger partial charge in [-0.1, -0.05) is 97.1 Å². The van der Waals surface area contributed by atoms with E-state index in [1.807, 2.05) is 53.8 Å². The molecule has 1 aliphatic rings. The van der Waals surface area contributed by atoms with Crippen molar-refractivity contribution in [3.8, 4) is 33.9 Å². The highest BCUT2D eigenvalue weighted by atomic mass is 32.1. The topological polar surface area (TPSA) is 65.0 Å². The van der Waals surface area contributed by atoms with Crippen molar-refractivity contribution in [2.45, 2.75) is 12.3 Å². The highest BCUT2D eigenvalue weighted by Gasteiger charge is 2.22. The van der Waals surface area contributed by atoms with Crippen LogP contribution in [0.2, 0.25) is 0 Å². The summed E-state index contributed by atoms with van der Waals surface area (Å²) in [5, 5.41) is 6.69. The predicted octanol–water partition coefficient (Wildman–Crippen LogP) is 12.6. The van der Waals surface area contributed by atoms with E-state index in [0.717, 1.165) is 72.8 Å². The lowest BCUT2D eigenvalue weighted by Gasteiger charge is -2.14. The minimum absolute atomic E-state index is 0.0281. The third kappa shape index (κ3) is 4.50. The molecule has 1 unspecified atom stereocenters. The fourth-order valence-corrected chi connectivity index (χ4v) is 8.68. The molecule has 240 valence electrons. The molecule has 0 saturated heterocycles. The summed E-state index contributed by atoms with van der Waals surface area (Å²) in [6, 6.07) is 42.3. The molecule has 11 rings (SSSR count). The molecule has 6 aromatic carbocycles. The molecule has 0 N–H and O–H groups in total.